The number of carbonyl (C=O) groups is 1. The molecule has 2 heterocycles. The van der Waals surface area contributed by atoms with E-state index in [4.69, 9.17) is 17.0 Å². The predicted molar refractivity (Wildman–Crippen MR) is 112 cm³/mol. The van der Waals surface area contributed by atoms with Crippen LogP contribution in [0.15, 0.2) is 23.6 Å². The van der Waals surface area contributed by atoms with Gasteiger partial charge in [-0.1, -0.05) is 37.4 Å². The van der Waals surface area contributed by atoms with Crippen molar-refractivity contribution in [2.45, 2.75) is 64.3 Å². The third-order valence-corrected chi connectivity index (χ3v) is 8.75. The number of hydrogen-bond donors (Lipinski definition) is 0. The van der Waals surface area contributed by atoms with Gasteiger partial charge in [0.2, 0.25) is 0 Å². The van der Waals surface area contributed by atoms with Crippen molar-refractivity contribution in [2.24, 2.45) is 16.7 Å². The van der Waals surface area contributed by atoms with Crippen LogP contribution in [0.25, 0.3) is 0 Å². The number of halogens is 1. The van der Waals surface area contributed by atoms with Crippen LogP contribution in [-0.2, 0) is 15.5 Å². The number of cyclic esters (lactones) is 1. The van der Waals surface area contributed by atoms with E-state index in [1.54, 1.807) is 10.3 Å². The summed E-state index contributed by atoms with van der Waals surface area (Å²) in [6.07, 6.45) is 8.16. The lowest BCUT2D eigenvalue weighted by atomic mass is 9.67. The van der Waals surface area contributed by atoms with Gasteiger partial charge >= 0.3 is 6.09 Å². The van der Waals surface area contributed by atoms with Gasteiger partial charge < -0.3 is 4.74 Å². The fourth-order valence-electron chi connectivity index (χ4n) is 4.87. The molecular formula is C21H28FNO3S2. The van der Waals surface area contributed by atoms with Crippen LogP contribution in [0, 0.1) is 16.7 Å². The van der Waals surface area contributed by atoms with Crippen molar-refractivity contribution in [3.05, 3.63) is 23.6 Å². The third-order valence-electron chi connectivity index (χ3n) is 7.21. The molecule has 0 spiro atoms. The highest BCUT2D eigenvalue weighted by Crippen LogP contribution is 2.52. The van der Waals surface area contributed by atoms with Gasteiger partial charge in [0.15, 0.2) is 0 Å². The number of allylic oxidation sites excluding steroid dienone is 2. The Kier molecular flexibility index (Phi) is 5.28. The fourth-order valence-corrected chi connectivity index (χ4v) is 6.14. The number of rotatable bonds is 5. The number of hydrogen-bond acceptors (Lipinski definition) is 4. The lowest BCUT2D eigenvalue weighted by Crippen LogP contribution is -2.46. The van der Waals surface area contributed by atoms with Gasteiger partial charge in [-0.3, -0.25) is 9.11 Å². The summed E-state index contributed by atoms with van der Waals surface area (Å²) in [4.78, 5) is 15.1. The first-order valence-electron chi connectivity index (χ1n) is 10.1. The van der Waals surface area contributed by atoms with Crippen molar-refractivity contribution in [1.29, 1.82) is 0 Å². The van der Waals surface area contributed by atoms with Crippen molar-refractivity contribution < 1.29 is 18.1 Å². The number of carbonyl (C=O) groups excluding carboxylic acids is 1. The van der Waals surface area contributed by atoms with Crippen molar-refractivity contribution in [1.82, 2.24) is 4.90 Å². The Morgan fingerprint density at radius 3 is 2.75 bits per heavy atom. The minimum Gasteiger partial charge on any atom is -0.444 e. The highest BCUT2D eigenvalue weighted by atomic mass is 32.2. The van der Waals surface area contributed by atoms with Crippen LogP contribution in [0.5, 0.6) is 0 Å². The summed E-state index contributed by atoms with van der Waals surface area (Å²) >= 11 is 5.38. The topological polar surface area (TPSA) is 46.6 Å². The van der Waals surface area contributed by atoms with Crippen LogP contribution in [-0.4, -0.2) is 50.7 Å². The van der Waals surface area contributed by atoms with E-state index in [-0.39, 0.29) is 36.0 Å². The van der Waals surface area contributed by atoms with Crippen LogP contribution in [0.1, 0.15) is 46.0 Å². The molecule has 7 heteroatoms. The summed E-state index contributed by atoms with van der Waals surface area (Å²) in [5.74, 6) is 0.623. The van der Waals surface area contributed by atoms with Gasteiger partial charge in [0.05, 0.1) is 12.6 Å². The maximum Gasteiger partial charge on any atom is 0.410 e. The van der Waals surface area contributed by atoms with Crippen LogP contribution < -0.4 is 0 Å². The zero-order valence-corrected chi connectivity index (χ0v) is 18.1. The van der Waals surface area contributed by atoms with Gasteiger partial charge in [0.1, 0.15) is 12.3 Å². The molecule has 0 N–H and O–H groups in total. The summed E-state index contributed by atoms with van der Waals surface area (Å²) < 4.78 is 32.4. The smallest absolute Gasteiger partial charge is 0.410 e. The highest BCUT2D eigenvalue weighted by molar-refractivity contribution is 7.88. The largest absolute Gasteiger partial charge is 0.444 e. The molecule has 1 saturated carbocycles. The van der Waals surface area contributed by atoms with Gasteiger partial charge in [-0.15, -0.1) is 0 Å². The molecule has 0 aromatic carbocycles. The number of alkyl halides is 1. The summed E-state index contributed by atoms with van der Waals surface area (Å²) in [6, 6.07) is -0.272. The Morgan fingerprint density at radius 2 is 2.18 bits per heavy atom. The first kappa shape index (κ1) is 20.2. The third kappa shape index (κ3) is 3.60. The second-order valence-corrected chi connectivity index (χ2v) is 11.1. The molecule has 28 heavy (non-hydrogen) atoms. The monoisotopic (exact) mass is 425 g/mol. The van der Waals surface area contributed by atoms with E-state index in [9.17, 15) is 9.00 Å². The summed E-state index contributed by atoms with van der Waals surface area (Å²) in [7, 11) is -0.925. The van der Waals surface area contributed by atoms with Gasteiger partial charge in [-0.2, -0.15) is 0 Å². The molecule has 4 nitrogen and oxygen atoms in total. The van der Waals surface area contributed by atoms with E-state index in [0.717, 1.165) is 30.5 Å². The molecule has 1 saturated heterocycles. The van der Waals surface area contributed by atoms with E-state index in [1.807, 2.05) is 32.1 Å². The Hall–Kier alpha value is -1.08. The van der Waals surface area contributed by atoms with E-state index in [1.165, 1.54) is 0 Å². The molecular weight excluding hydrogens is 397 g/mol. The molecule has 6 atom stereocenters. The summed E-state index contributed by atoms with van der Waals surface area (Å²) in [5.41, 5.74) is -0.555. The van der Waals surface area contributed by atoms with E-state index < -0.39 is 22.4 Å². The molecule has 4 rings (SSSR count). The molecule has 1 amide bonds. The number of amides is 1. The molecule has 0 aromatic rings. The van der Waals surface area contributed by atoms with E-state index in [2.05, 4.69) is 0 Å². The van der Waals surface area contributed by atoms with Gasteiger partial charge in [0.25, 0.3) is 0 Å². The van der Waals surface area contributed by atoms with Crippen molar-refractivity contribution in [3.8, 4) is 0 Å². The molecule has 4 aliphatic rings. The Morgan fingerprint density at radius 1 is 1.43 bits per heavy atom. The van der Waals surface area contributed by atoms with Crippen LogP contribution in [0.4, 0.5) is 9.18 Å². The van der Waals surface area contributed by atoms with Gasteiger partial charge in [-0.05, 0) is 48.8 Å². The minimum atomic E-state index is -1.06. The number of ether oxygens (including phenoxy) is 1. The summed E-state index contributed by atoms with van der Waals surface area (Å²) in [5, 5.41) is 1.69. The fraction of sp³-hybridized carbons (Fsp3) is 0.714. The molecule has 2 aliphatic heterocycles. The molecule has 2 aliphatic carbocycles. The first-order chi connectivity index (χ1) is 13.2. The molecule has 154 valence electrons. The average molecular weight is 426 g/mol. The van der Waals surface area contributed by atoms with E-state index >= 15 is 4.39 Å². The van der Waals surface area contributed by atoms with Crippen LogP contribution >= 0.6 is 12.2 Å². The molecule has 5 unspecified atom stereocenters. The van der Waals surface area contributed by atoms with Gasteiger partial charge in [-0.25, -0.2) is 9.18 Å². The van der Waals surface area contributed by atoms with Crippen molar-refractivity contribution >= 4 is 34.0 Å². The maximum atomic E-state index is 15.3. The molecule has 0 aromatic heterocycles. The standard InChI is InChI=1S/C21H28FNO3S2/c1-14(27)21(7-8-21)12-17-13-23(19(24)26-17)16-3-6-20(2,18(22)11-16)15-4-9-28(25)10-5-15/h3-4,6,9,15-18H,5,7-8,10-13H2,1-2H3/t15?,16?,17-,18?,20?,28?/m0/s1. The maximum absolute atomic E-state index is 15.3. The van der Waals surface area contributed by atoms with Crippen LogP contribution in [0.3, 0.4) is 0 Å². The Balaban J connectivity index is 1.43. The normalized spacial score (nSPS) is 41.8. The number of nitrogens with zero attached hydrogens (tertiary/aromatic N) is 1. The average Bonchev–Trinajstić information content (AvgIpc) is 3.34. The second kappa shape index (κ2) is 7.31. The van der Waals surface area contributed by atoms with Crippen molar-refractivity contribution in [2.75, 3.05) is 12.3 Å². The van der Waals surface area contributed by atoms with E-state index in [0.29, 0.717) is 12.3 Å². The zero-order valence-electron chi connectivity index (χ0n) is 16.4. The lowest BCUT2D eigenvalue weighted by Gasteiger charge is -2.42. The Bertz CT molecular complexity index is 763. The SMILES string of the molecule is CC(=S)C1(C[C@H]2CN(C3C=CC(C)(C4C=CS(=O)CC4)C(F)C3)C(=O)O2)CC1. The minimum absolute atomic E-state index is 0.0379. The Labute approximate surface area is 174 Å². The number of thiocarbonyl (C=S) groups is 1. The van der Waals surface area contributed by atoms with Crippen LogP contribution in [0.2, 0.25) is 0 Å². The summed E-state index contributed by atoms with van der Waals surface area (Å²) in [6.45, 7) is 4.41. The highest BCUT2D eigenvalue weighted by Gasteiger charge is 2.50. The lowest BCUT2D eigenvalue weighted by molar-refractivity contribution is 0.0807. The molecule has 2 fully saturated rings. The zero-order chi connectivity index (χ0) is 20.1. The molecule has 0 radical (unpaired) electrons. The predicted octanol–water partition coefficient (Wildman–Crippen LogP) is 4.32. The quantitative estimate of drug-likeness (QED) is 0.486. The second-order valence-electron chi connectivity index (χ2n) is 9.00. The van der Waals surface area contributed by atoms with Crippen molar-refractivity contribution in [3.63, 3.8) is 0 Å². The molecule has 0 bridgehead atoms. The van der Waals surface area contributed by atoms with Gasteiger partial charge in [0, 0.05) is 33.8 Å². The first-order valence-corrected chi connectivity index (χ1v) is 11.9.